The molecule has 0 saturated carbocycles. The predicted molar refractivity (Wildman–Crippen MR) is 61.4 cm³/mol. The topological polar surface area (TPSA) is 64.1 Å². The van der Waals surface area contributed by atoms with Crippen LogP contribution in [0.2, 0.25) is 0 Å². The summed E-state index contributed by atoms with van der Waals surface area (Å²) < 4.78 is 0. The standard InChI is InChI=1S/C11H19N3/c1-8-4-3-5-11(9(8)2)14-7-10(13)6-12/h3-5,10,14H,6-7,12-13H2,1-2H3. The third-order valence-corrected chi connectivity index (χ3v) is 2.46. The molecule has 0 radical (unpaired) electrons. The van der Waals surface area contributed by atoms with Crippen LogP contribution in [0.5, 0.6) is 0 Å². The fraction of sp³-hybridized carbons (Fsp3) is 0.455. The SMILES string of the molecule is Cc1cccc(NCC(N)CN)c1C. The first kappa shape index (κ1) is 11.0. The second-order valence-electron chi connectivity index (χ2n) is 3.62. The van der Waals surface area contributed by atoms with Gasteiger partial charge in [0.05, 0.1) is 0 Å². The Bertz CT molecular complexity index is 297. The maximum Gasteiger partial charge on any atom is 0.0373 e. The van der Waals surface area contributed by atoms with E-state index in [9.17, 15) is 0 Å². The first-order chi connectivity index (χ1) is 6.65. The molecule has 78 valence electrons. The lowest BCUT2D eigenvalue weighted by atomic mass is 10.1. The van der Waals surface area contributed by atoms with Crippen molar-refractivity contribution < 1.29 is 0 Å². The van der Waals surface area contributed by atoms with E-state index in [1.54, 1.807) is 0 Å². The van der Waals surface area contributed by atoms with Crippen molar-refractivity contribution in [2.45, 2.75) is 19.9 Å². The Labute approximate surface area is 85.5 Å². The monoisotopic (exact) mass is 193 g/mol. The molecule has 1 unspecified atom stereocenters. The van der Waals surface area contributed by atoms with E-state index in [0.717, 1.165) is 12.2 Å². The van der Waals surface area contributed by atoms with Crippen LogP contribution in [-0.4, -0.2) is 19.1 Å². The summed E-state index contributed by atoms with van der Waals surface area (Å²) in [6.45, 7) is 5.44. The molecule has 0 spiro atoms. The molecule has 1 aromatic carbocycles. The smallest absolute Gasteiger partial charge is 0.0373 e. The molecule has 0 aromatic heterocycles. The van der Waals surface area contributed by atoms with Crippen molar-refractivity contribution >= 4 is 5.69 Å². The number of nitrogens with two attached hydrogens (primary N) is 2. The molecule has 0 amide bonds. The zero-order valence-corrected chi connectivity index (χ0v) is 8.88. The molecular weight excluding hydrogens is 174 g/mol. The quantitative estimate of drug-likeness (QED) is 0.668. The zero-order valence-electron chi connectivity index (χ0n) is 8.88. The minimum absolute atomic E-state index is 0.0231. The van der Waals surface area contributed by atoms with Gasteiger partial charge in [-0.25, -0.2) is 0 Å². The lowest BCUT2D eigenvalue weighted by molar-refractivity contribution is 0.713. The summed E-state index contributed by atoms with van der Waals surface area (Å²) in [5.74, 6) is 0. The van der Waals surface area contributed by atoms with Crippen LogP contribution in [0.1, 0.15) is 11.1 Å². The van der Waals surface area contributed by atoms with Crippen LogP contribution in [0.4, 0.5) is 5.69 Å². The average Bonchev–Trinajstić information content (AvgIpc) is 2.20. The highest BCUT2D eigenvalue weighted by molar-refractivity contribution is 5.53. The number of anilines is 1. The first-order valence-corrected chi connectivity index (χ1v) is 4.91. The summed E-state index contributed by atoms with van der Waals surface area (Å²) >= 11 is 0. The van der Waals surface area contributed by atoms with Gasteiger partial charge in [0.25, 0.3) is 0 Å². The summed E-state index contributed by atoms with van der Waals surface area (Å²) in [5.41, 5.74) is 14.9. The van der Waals surface area contributed by atoms with E-state index in [4.69, 9.17) is 11.5 Å². The highest BCUT2D eigenvalue weighted by atomic mass is 14.9. The third-order valence-electron chi connectivity index (χ3n) is 2.46. The van der Waals surface area contributed by atoms with Gasteiger partial charge in [0.15, 0.2) is 0 Å². The molecule has 5 N–H and O–H groups in total. The normalized spacial score (nSPS) is 12.6. The van der Waals surface area contributed by atoms with Crippen LogP contribution in [-0.2, 0) is 0 Å². The van der Waals surface area contributed by atoms with E-state index in [-0.39, 0.29) is 6.04 Å². The van der Waals surface area contributed by atoms with Gasteiger partial charge in [0.2, 0.25) is 0 Å². The molecule has 14 heavy (non-hydrogen) atoms. The fourth-order valence-corrected chi connectivity index (χ4v) is 1.27. The molecular formula is C11H19N3. The maximum atomic E-state index is 5.72. The molecule has 0 bridgehead atoms. The number of aryl methyl sites for hydroxylation is 1. The van der Waals surface area contributed by atoms with Gasteiger partial charge in [0.1, 0.15) is 0 Å². The fourth-order valence-electron chi connectivity index (χ4n) is 1.27. The number of hydrogen-bond donors (Lipinski definition) is 3. The number of hydrogen-bond acceptors (Lipinski definition) is 3. The van der Waals surface area contributed by atoms with Crippen LogP contribution in [0, 0.1) is 13.8 Å². The number of rotatable bonds is 4. The second-order valence-corrected chi connectivity index (χ2v) is 3.62. The van der Waals surface area contributed by atoms with Gasteiger partial charge in [-0.2, -0.15) is 0 Å². The van der Waals surface area contributed by atoms with Crippen LogP contribution < -0.4 is 16.8 Å². The van der Waals surface area contributed by atoms with Gasteiger partial charge in [-0.3, -0.25) is 0 Å². The summed E-state index contributed by atoms with van der Waals surface area (Å²) in [6, 6.07) is 6.23. The maximum absolute atomic E-state index is 5.72. The summed E-state index contributed by atoms with van der Waals surface area (Å²) in [4.78, 5) is 0. The molecule has 1 atom stereocenters. The van der Waals surface area contributed by atoms with E-state index < -0.39 is 0 Å². The molecule has 0 aliphatic carbocycles. The van der Waals surface area contributed by atoms with Crippen molar-refractivity contribution in [2.24, 2.45) is 11.5 Å². The Balaban J connectivity index is 2.63. The second kappa shape index (κ2) is 4.98. The molecule has 0 aliphatic rings. The van der Waals surface area contributed by atoms with Gasteiger partial charge in [-0.15, -0.1) is 0 Å². The largest absolute Gasteiger partial charge is 0.383 e. The predicted octanol–water partition coefficient (Wildman–Crippen LogP) is 1.00. The lowest BCUT2D eigenvalue weighted by Crippen LogP contribution is -2.36. The molecule has 0 heterocycles. The molecule has 1 aromatic rings. The van der Waals surface area contributed by atoms with Crippen LogP contribution in [0.15, 0.2) is 18.2 Å². The minimum Gasteiger partial charge on any atom is -0.383 e. The van der Waals surface area contributed by atoms with Gasteiger partial charge >= 0.3 is 0 Å². The Kier molecular flexibility index (Phi) is 3.92. The van der Waals surface area contributed by atoms with Crippen molar-refractivity contribution in [1.82, 2.24) is 0 Å². The Morgan fingerprint density at radius 2 is 2.07 bits per heavy atom. The first-order valence-electron chi connectivity index (χ1n) is 4.91. The van der Waals surface area contributed by atoms with Crippen LogP contribution in [0.3, 0.4) is 0 Å². The number of benzene rings is 1. The molecule has 1 rings (SSSR count). The molecule has 3 nitrogen and oxygen atoms in total. The molecule has 0 saturated heterocycles. The Hall–Kier alpha value is -1.06. The van der Waals surface area contributed by atoms with Gasteiger partial charge in [-0.1, -0.05) is 12.1 Å². The lowest BCUT2D eigenvalue weighted by Gasteiger charge is -2.14. The van der Waals surface area contributed by atoms with Crippen molar-refractivity contribution in [3.05, 3.63) is 29.3 Å². The van der Waals surface area contributed by atoms with Gasteiger partial charge in [0, 0.05) is 24.8 Å². The zero-order chi connectivity index (χ0) is 10.6. The average molecular weight is 193 g/mol. The van der Waals surface area contributed by atoms with E-state index in [0.29, 0.717) is 6.54 Å². The van der Waals surface area contributed by atoms with E-state index in [1.165, 1.54) is 11.1 Å². The molecule has 3 heteroatoms. The Morgan fingerprint density at radius 1 is 1.36 bits per heavy atom. The van der Waals surface area contributed by atoms with Crippen LogP contribution >= 0.6 is 0 Å². The molecule has 0 fully saturated rings. The highest BCUT2D eigenvalue weighted by Crippen LogP contribution is 2.17. The van der Waals surface area contributed by atoms with Crippen LogP contribution in [0.25, 0.3) is 0 Å². The van der Waals surface area contributed by atoms with Crippen molar-refractivity contribution in [3.8, 4) is 0 Å². The van der Waals surface area contributed by atoms with Crippen molar-refractivity contribution in [3.63, 3.8) is 0 Å². The number of nitrogens with one attached hydrogen (secondary N) is 1. The minimum atomic E-state index is 0.0231. The summed E-state index contributed by atoms with van der Waals surface area (Å²) in [7, 11) is 0. The van der Waals surface area contributed by atoms with Gasteiger partial charge in [-0.05, 0) is 31.0 Å². The van der Waals surface area contributed by atoms with Crippen molar-refractivity contribution in [1.29, 1.82) is 0 Å². The van der Waals surface area contributed by atoms with Crippen molar-refractivity contribution in [2.75, 3.05) is 18.4 Å². The van der Waals surface area contributed by atoms with Gasteiger partial charge < -0.3 is 16.8 Å². The van der Waals surface area contributed by atoms with E-state index in [1.807, 2.05) is 6.07 Å². The van der Waals surface area contributed by atoms with E-state index >= 15 is 0 Å². The third kappa shape index (κ3) is 2.72. The van der Waals surface area contributed by atoms with E-state index in [2.05, 4.69) is 31.3 Å². The summed E-state index contributed by atoms with van der Waals surface area (Å²) in [5, 5.41) is 3.30. The Morgan fingerprint density at radius 3 is 2.71 bits per heavy atom. The highest BCUT2D eigenvalue weighted by Gasteiger charge is 2.02. The summed E-state index contributed by atoms with van der Waals surface area (Å²) in [6.07, 6.45) is 0. The molecule has 0 aliphatic heterocycles.